The summed E-state index contributed by atoms with van der Waals surface area (Å²) in [7, 11) is 0. The molecule has 2 heterocycles. The molecule has 3 aliphatic rings. The van der Waals surface area contributed by atoms with E-state index in [2.05, 4.69) is 12.2 Å². The van der Waals surface area contributed by atoms with Gasteiger partial charge in [0.2, 0.25) is 5.91 Å². The van der Waals surface area contributed by atoms with Gasteiger partial charge < -0.3 is 10.1 Å². The average Bonchev–Trinajstić information content (AvgIpc) is 3.05. The predicted molar refractivity (Wildman–Crippen MR) is 115 cm³/mol. The Bertz CT molecular complexity index is 585. The molecule has 6 nitrogen and oxygen atoms in total. The minimum atomic E-state index is -0.307. The fourth-order valence-corrected chi connectivity index (χ4v) is 6.06. The number of unbranched alkanes of at least 4 members (excludes halogenated alkanes) is 9. The lowest BCUT2D eigenvalue weighted by molar-refractivity contribution is -0.120. The molecule has 4 unspecified atom stereocenters. The van der Waals surface area contributed by atoms with E-state index in [9.17, 15) is 14.4 Å². The molecular formula is C22H36N2O4S. The Balaban J connectivity index is 1.17. The molecule has 0 aromatic carbocycles. The third-order valence-corrected chi connectivity index (χ3v) is 7.65. The van der Waals surface area contributed by atoms with E-state index in [1.54, 1.807) is 16.7 Å². The lowest BCUT2D eigenvalue weighted by atomic mass is 10.1. The quantitative estimate of drug-likeness (QED) is 0.400. The smallest absolute Gasteiger partial charge is 0.411 e. The van der Waals surface area contributed by atoms with Crippen molar-refractivity contribution in [1.29, 1.82) is 0 Å². The van der Waals surface area contributed by atoms with Crippen LogP contribution in [0.1, 0.15) is 77.6 Å². The van der Waals surface area contributed by atoms with Crippen LogP contribution in [0.5, 0.6) is 0 Å². The summed E-state index contributed by atoms with van der Waals surface area (Å²) in [5, 5.41) is 2.86. The number of nitrogens with zero attached hydrogens (tertiary/aromatic N) is 1. The molecule has 1 saturated carbocycles. The molecule has 7 heteroatoms. The zero-order chi connectivity index (χ0) is 20.6. The van der Waals surface area contributed by atoms with Crippen molar-refractivity contribution >= 4 is 29.5 Å². The highest BCUT2D eigenvalue weighted by molar-refractivity contribution is 7.99. The van der Waals surface area contributed by atoms with Crippen molar-refractivity contribution < 1.29 is 19.1 Å². The first-order valence-corrected chi connectivity index (χ1v) is 12.6. The zero-order valence-electron chi connectivity index (χ0n) is 17.7. The fourth-order valence-electron chi connectivity index (χ4n) is 4.60. The molecule has 2 amide bonds. The minimum Gasteiger partial charge on any atom is -0.447 e. The maximum Gasteiger partial charge on any atom is 0.411 e. The minimum absolute atomic E-state index is 0.0240. The number of carbonyl (C=O) groups is 3. The Labute approximate surface area is 178 Å². The van der Waals surface area contributed by atoms with Gasteiger partial charge in [-0.1, -0.05) is 64.7 Å². The molecule has 3 rings (SSSR count). The standard InChI is InChI=1S/C22H36N2O4S/c1-2-3-4-5-6-7-8-9-10-11-13-23-17(25)12-14-29-21-19-18(20(19)26)16-15-28-22(27)24(16)21/h16,18-19,21H,2-15H2,1H3,(H,23,25). The Morgan fingerprint density at radius 3 is 2.38 bits per heavy atom. The number of cyclic esters (lactones) is 1. The maximum atomic E-state index is 12.0. The molecule has 29 heavy (non-hydrogen) atoms. The number of amides is 2. The first kappa shape index (κ1) is 22.4. The van der Waals surface area contributed by atoms with Gasteiger partial charge in [-0.3, -0.25) is 14.5 Å². The van der Waals surface area contributed by atoms with Crippen LogP contribution < -0.4 is 5.32 Å². The fraction of sp³-hybridized carbons (Fsp3) is 0.864. The highest BCUT2D eigenvalue weighted by atomic mass is 32.2. The van der Waals surface area contributed by atoms with Crippen molar-refractivity contribution in [1.82, 2.24) is 10.2 Å². The molecule has 0 spiro atoms. The van der Waals surface area contributed by atoms with E-state index in [-0.39, 0.29) is 41.0 Å². The SMILES string of the molecule is CCCCCCCCCCCCNC(=O)CCSC1C2C(=O)C2C2COC(=O)N21. The van der Waals surface area contributed by atoms with Crippen LogP contribution in [0.2, 0.25) is 0 Å². The number of carbonyl (C=O) groups excluding carboxylic acids is 3. The van der Waals surface area contributed by atoms with Crippen LogP contribution in [-0.4, -0.2) is 53.0 Å². The van der Waals surface area contributed by atoms with Crippen LogP contribution in [0.15, 0.2) is 0 Å². The molecule has 1 N–H and O–H groups in total. The van der Waals surface area contributed by atoms with E-state index in [0.29, 0.717) is 18.8 Å². The number of ether oxygens (including phenoxy) is 1. The van der Waals surface area contributed by atoms with Crippen molar-refractivity contribution in [3.05, 3.63) is 0 Å². The predicted octanol–water partition coefficient (Wildman–Crippen LogP) is 4.12. The number of nitrogens with one attached hydrogen (secondary N) is 1. The number of Topliss-reactive ketones (excluding diaryl/α,β-unsaturated/α-hetero) is 1. The number of thioether (sulfide) groups is 1. The first-order valence-electron chi connectivity index (χ1n) is 11.5. The molecule has 1 aliphatic carbocycles. The second kappa shape index (κ2) is 11.2. The van der Waals surface area contributed by atoms with Crippen molar-refractivity contribution in [2.24, 2.45) is 11.8 Å². The van der Waals surface area contributed by atoms with Gasteiger partial charge in [0.05, 0.1) is 23.3 Å². The summed E-state index contributed by atoms with van der Waals surface area (Å²) in [6.45, 7) is 3.33. The van der Waals surface area contributed by atoms with Gasteiger partial charge in [0, 0.05) is 18.7 Å². The van der Waals surface area contributed by atoms with E-state index >= 15 is 0 Å². The normalized spacial score (nSPS) is 27.0. The molecule has 164 valence electrons. The molecule has 3 fully saturated rings. The Morgan fingerprint density at radius 2 is 1.69 bits per heavy atom. The summed E-state index contributed by atoms with van der Waals surface area (Å²) >= 11 is 1.55. The molecule has 0 aromatic heterocycles. The molecular weight excluding hydrogens is 388 g/mol. The molecule has 2 aliphatic heterocycles. The highest BCUT2D eigenvalue weighted by Crippen LogP contribution is 2.55. The molecule has 0 bridgehead atoms. The number of ketones is 1. The maximum absolute atomic E-state index is 12.0. The number of hydrogen-bond acceptors (Lipinski definition) is 5. The van der Waals surface area contributed by atoms with Crippen LogP contribution >= 0.6 is 11.8 Å². The third-order valence-electron chi connectivity index (χ3n) is 6.35. The molecule has 0 aromatic rings. The van der Waals surface area contributed by atoms with Gasteiger partial charge in [0.15, 0.2) is 0 Å². The summed E-state index contributed by atoms with van der Waals surface area (Å²) in [6.07, 6.45) is 13.0. The van der Waals surface area contributed by atoms with Crippen LogP contribution in [0, 0.1) is 11.8 Å². The topological polar surface area (TPSA) is 75.7 Å². The third kappa shape index (κ3) is 5.89. The summed E-state index contributed by atoms with van der Waals surface area (Å²) in [5.41, 5.74) is 0. The van der Waals surface area contributed by atoms with E-state index in [4.69, 9.17) is 4.74 Å². The van der Waals surface area contributed by atoms with Gasteiger partial charge in [-0.05, 0) is 6.42 Å². The van der Waals surface area contributed by atoms with Gasteiger partial charge >= 0.3 is 6.09 Å². The largest absolute Gasteiger partial charge is 0.447 e. The van der Waals surface area contributed by atoms with Crippen molar-refractivity contribution in [2.75, 3.05) is 18.9 Å². The van der Waals surface area contributed by atoms with Crippen LogP contribution in [-0.2, 0) is 14.3 Å². The summed E-state index contributed by atoms with van der Waals surface area (Å²) in [5.74, 6) is 0.886. The summed E-state index contributed by atoms with van der Waals surface area (Å²) in [4.78, 5) is 37.5. The number of hydrogen-bond donors (Lipinski definition) is 1. The van der Waals surface area contributed by atoms with E-state index in [1.807, 2.05) is 0 Å². The second-order valence-corrected chi connectivity index (χ2v) is 9.77. The van der Waals surface area contributed by atoms with Gasteiger partial charge in [-0.15, -0.1) is 11.8 Å². The lowest BCUT2D eigenvalue weighted by Gasteiger charge is -2.23. The highest BCUT2D eigenvalue weighted by Gasteiger charge is 2.70. The van der Waals surface area contributed by atoms with Crippen molar-refractivity contribution in [3.63, 3.8) is 0 Å². The van der Waals surface area contributed by atoms with E-state index in [1.165, 1.54) is 57.8 Å². The van der Waals surface area contributed by atoms with E-state index in [0.717, 1.165) is 13.0 Å². The van der Waals surface area contributed by atoms with Gasteiger partial charge in [-0.2, -0.15) is 0 Å². The molecule has 0 radical (unpaired) electrons. The van der Waals surface area contributed by atoms with Crippen LogP contribution in [0.25, 0.3) is 0 Å². The average molecular weight is 425 g/mol. The van der Waals surface area contributed by atoms with Gasteiger partial charge in [0.1, 0.15) is 12.4 Å². The lowest BCUT2D eigenvalue weighted by Crippen LogP contribution is -2.38. The van der Waals surface area contributed by atoms with Crippen molar-refractivity contribution in [2.45, 2.75) is 89.0 Å². The molecule has 4 atom stereocenters. The van der Waals surface area contributed by atoms with Crippen LogP contribution in [0.4, 0.5) is 4.79 Å². The first-order chi connectivity index (χ1) is 14.1. The second-order valence-electron chi connectivity index (χ2n) is 8.55. The monoisotopic (exact) mass is 424 g/mol. The van der Waals surface area contributed by atoms with Crippen molar-refractivity contribution in [3.8, 4) is 0 Å². The zero-order valence-corrected chi connectivity index (χ0v) is 18.5. The van der Waals surface area contributed by atoms with Gasteiger partial charge in [0.25, 0.3) is 0 Å². The number of fused-ring (bicyclic) bond motifs is 3. The number of rotatable bonds is 15. The van der Waals surface area contributed by atoms with Gasteiger partial charge in [-0.25, -0.2) is 4.79 Å². The summed E-state index contributed by atoms with van der Waals surface area (Å²) < 4.78 is 5.09. The van der Waals surface area contributed by atoms with E-state index < -0.39 is 0 Å². The Kier molecular flexibility index (Phi) is 8.69. The van der Waals surface area contributed by atoms with Crippen LogP contribution in [0.3, 0.4) is 0 Å². The number of piperidine rings is 1. The molecule has 2 saturated heterocycles. The summed E-state index contributed by atoms with van der Waals surface area (Å²) in [6, 6.07) is -0.0670. The Hall–Kier alpha value is -1.24. The Morgan fingerprint density at radius 1 is 1.03 bits per heavy atom.